The number of carbonyl (C=O) groups is 2. The number of aryl methyl sites for hydroxylation is 2. The molecule has 0 radical (unpaired) electrons. The number of carboxylic acid groups (broad SMARTS) is 1. The Hall–Kier alpha value is -4.40. The molecule has 1 aliphatic rings. The molecule has 2 aromatic carbocycles. The summed E-state index contributed by atoms with van der Waals surface area (Å²) in [5.74, 6) is 1.40. The van der Waals surface area contributed by atoms with Gasteiger partial charge in [0.1, 0.15) is 11.6 Å². The summed E-state index contributed by atoms with van der Waals surface area (Å²) in [4.78, 5) is 33.4. The third kappa shape index (κ3) is 7.71. The lowest BCUT2D eigenvalue weighted by atomic mass is 9.95. The minimum atomic E-state index is -1.34. The first-order valence-corrected chi connectivity index (χ1v) is 15.4. The quantitative estimate of drug-likeness (QED) is 0.120. The Morgan fingerprint density at radius 1 is 1.05 bits per heavy atom. The van der Waals surface area contributed by atoms with Crippen LogP contribution in [0, 0.1) is 6.92 Å². The van der Waals surface area contributed by atoms with Crippen LogP contribution in [0.3, 0.4) is 0 Å². The van der Waals surface area contributed by atoms with Crippen LogP contribution in [-0.2, 0) is 17.8 Å². The zero-order chi connectivity index (χ0) is 30.2. The van der Waals surface area contributed by atoms with E-state index in [1.165, 1.54) is 19.3 Å². The summed E-state index contributed by atoms with van der Waals surface area (Å²) in [5, 5.41) is 15.7. The third-order valence-electron chi connectivity index (χ3n) is 8.09. The highest BCUT2D eigenvalue weighted by Crippen LogP contribution is 2.31. The predicted octanol–water partition coefficient (Wildman–Crippen LogP) is 7.11. The first kappa shape index (κ1) is 30.1. The highest BCUT2D eigenvalue weighted by molar-refractivity contribution is 5.79. The number of rotatable bonds is 12. The van der Waals surface area contributed by atoms with Crippen LogP contribution in [0.4, 0.5) is 10.5 Å². The molecule has 4 aromatic rings. The maximum atomic E-state index is 12.5. The number of ether oxygens (including phenoxy) is 1. The van der Waals surface area contributed by atoms with Crippen molar-refractivity contribution in [2.24, 2.45) is 0 Å². The van der Waals surface area contributed by atoms with Gasteiger partial charge in [-0.1, -0.05) is 75.1 Å². The zero-order valence-electron chi connectivity index (χ0n) is 25.1. The average molecular weight is 584 g/mol. The van der Waals surface area contributed by atoms with E-state index in [0.717, 1.165) is 77.2 Å². The summed E-state index contributed by atoms with van der Waals surface area (Å²) >= 11 is 0. The minimum absolute atomic E-state index is 0.0959. The summed E-state index contributed by atoms with van der Waals surface area (Å²) in [7, 11) is 0. The molecule has 9 heteroatoms. The molecular weight excluding hydrogens is 542 g/mol. The number of nitrogens with zero attached hydrogens (tertiary/aromatic N) is 3. The van der Waals surface area contributed by atoms with E-state index >= 15 is 0 Å². The van der Waals surface area contributed by atoms with Crippen molar-refractivity contribution in [2.75, 3.05) is 11.9 Å². The molecule has 226 valence electrons. The van der Waals surface area contributed by atoms with Crippen LogP contribution in [0.1, 0.15) is 75.4 Å². The van der Waals surface area contributed by atoms with E-state index < -0.39 is 6.16 Å². The Labute approximate surface area is 252 Å². The lowest BCUT2D eigenvalue weighted by Gasteiger charge is -2.22. The van der Waals surface area contributed by atoms with Gasteiger partial charge in [0.05, 0.1) is 16.9 Å². The molecular formula is C34H41N5O4. The average Bonchev–Trinajstić information content (AvgIpc) is 3.32. The van der Waals surface area contributed by atoms with Gasteiger partial charge in [-0.2, -0.15) is 0 Å². The first-order chi connectivity index (χ1) is 20.9. The molecule has 5 rings (SSSR count). The molecule has 2 aromatic heterocycles. The zero-order valence-corrected chi connectivity index (χ0v) is 25.1. The van der Waals surface area contributed by atoms with Crippen molar-refractivity contribution in [2.45, 2.75) is 84.2 Å². The predicted molar refractivity (Wildman–Crippen MR) is 169 cm³/mol. The number of para-hydroxylation sites is 1. The molecule has 2 heterocycles. The standard InChI is InChI=1S/C34H41N5O4/c1-3-4-14-31-38-33-29(21-28(23(2)36-33)35-20-19-32(40)37-26-10-6-5-7-11-26)39(31)22-24-15-17-25(18-16-24)27-12-8-9-13-30(27)43-34(41)42/h8-9,12-13,15-18,21,26,35H,3-7,10-11,14,19-20,22H2,1-2H3,(H,37,40)(H,41,42). The van der Waals surface area contributed by atoms with Crippen molar-refractivity contribution in [3.05, 3.63) is 71.7 Å². The second-order valence-corrected chi connectivity index (χ2v) is 11.3. The highest BCUT2D eigenvalue weighted by atomic mass is 16.7. The number of hydrogen-bond acceptors (Lipinski definition) is 6. The van der Waals surface area contributed by atoms with Crippen molar-refractivity contribution in [1.82, 2.24) is 19.9 Å². The normalized spacial score (nSPS) is 13.6. The van der Waals surface area contributed by atoms with Crippen LogP contribution in [0.5, 0.6) is 5.75 Å². The van der Waals surface area contributed by atoms with E-state index in [9.17, 15) is 9.59 Å². The minimum Gasteiger partial charge on any atom is -0.449 e. The van der Waals surface area contributed by atoms with Gasteiger partial charge in [0, 0.05) is 37.5 Å². The number of unbranched alkanes of at least 4 members (excludes halogenated alkanes) is 1. The lowest BCUT2D eigenvalue weighted by Crippen LogP contribution is -2.36. The van der Waals surface area contributed by atoms with Gasteiger partial charge in [-0.15, -0.1) is 0 Å². The number of nitrogens with one attached hydrogen (secondary N) is 2. The fourth-order valence-corrected chi connectivity index (χ4v) is 5.78. The van der Waals surface area contributed by atoms with Crippen molar-refractivity contribution >= 4 is 28.9 Å². The van der Waals surface area contributed by atoms with Crippen molar-refractivity contribution < 1.29 is 19.4 Å². The topological polar surface area (TPSA) is 118 Å². The fourth-order valence-electron chi connectivity index (χ4n) is 5.78. The van der Waals surface area contributed by atoms with Gasteiger partial charge in [-0.25, -0.2) is 14.8 Å². The first-order valence-electron chi connectivity index (χ1n) is 15.4. The summed E-state index contributed by atoms with van der Waals surface area (Å²) in [5.41, 5.74) is 6.13. The lowest BCUT2D eigenvalue weighted by molar-refractivity contribution is -0.121. The number of anilines is 1. The summed E-state index contributed by atoms with van der Waals surface area (Å²) < 4.78 is 7.21. The van der Waals surface area contributed by atoms with E-state index in [1.54, 1.807) is 12.1 Å². The maximum Gasteiger partial charge on any atom is 0.511 e. The van der Waals surface area contributed by atoms with Crippen molar-refractivity contribution in [3.63, 3.8) is 0 Å². The van der Waals surface area contributed by atoms with Gasteiger partial charge >= 0.3 is 6.16 Å². The highest BCUT2D eigenvalue weighted by Gasteiger charge is 2.17. The molecule has 1 fully saturated rings. The van der Waals surface area contributed by atoms with Gasteiger partial charge in [0.25, 0.3) is 0 Å². The Bertz CT molecular complexity index is 1560. The smallest absolute Gasteiger partial charge is 0.449 e. The number of pyridine rings is 1. The number of imidazole rings is 1. The van der Waals surface area contributed by atoms with Crippen LogP contribution in [0.15, 0.2) is 54.6 Å². The molecule has 43 heavy (non-hydrogen) atoms. The number of amides is 1. The summed E-state index contributed by atoms with van der Waals surface area (Å²) in [6, 6.07) is 17.6. The Morgan fingerprint density at radius 3 is 2.56 bits per heavy atom. The molecule has 0 aliphatic heterocycles. The molecule has 1 aliphatic carbocycles. The number of benzene rings is 2. The van der Waals surface area contributed by atoms with Gasteiger partial charge in [-0.05, 0) is 49.4 Å². The van der Waals surface area contributed by atoms with Crippen molar-refractivity contribution in [1.29, 1.82) is 0 Å². The van der Waals surface area contributed by atoms with E-state index in [2.05, 4.69) is 28.2 Å². The van der Waals surface area contributed by atoms with Crippen LogP contribution in [0.2, 0.25) is 0 Å². The van der Waals surface area contributed by atoms with Crippen molar-refractivity contribution in [3.8, 4) is 16.9 Å². The third-order valence-corrected chi connectivity index (χ3v) is 8.09. The molecule has 3 N–H and O–H groups in total. The van der Waals surface area contributed by atoms with E-state index in [0.29, 0.717) is 31.3 Å². The molecule has 1 saturated carbocycles. The summed E-state index contributed by atoms with van der Waals surface area (Å²) in [6.07, 6.45) is 7.86. The van der Waals surface area contributed by atoms with Gasteiger partial charge < -0.3 is 25.0 Å². The van der Waals surface area contributed by atoms with Crippen LogP contribution in [0.25, 0.3) is 22.3 Å². The number of carbonyl (C=O) groups excluding carboxylic acids is 1. The molecule has 0 saturated heterocycles. The largest absolute Gasteiger partial charge is 0.511 e. The fraction of sp³-hybridized carbons (Fsp3) is 0.412. The van der Waals surface area contributed by atoms with E-state index in [4.69, 9.17) is 19.8 Å². The maximum absolute atomic E-state index is 12.5. The van der Waals surface area contributed by atoms with Crippen LogP contribution in [-0.4, -0.2) is 44.3 Å². The van der Waals surface area contributed by atoms with Gasteiger partial charge in [-0.3, -0.25) is 4.79 Å². The number of hydrogen-bond donors (Lipinski definition) is 3. The van der Waals surface area contributed by atoms with Crippen LogP contribution < -0.4 is 15.4 Å². The molecule has 0 spiro atoms. The molecule has 0 atom stereocenters. The monoisotopic (exact) mass is 583 g/mol. The Morgan fingerprint density at radius 2 is 1.81 bits per heavy atom. The molecule has 0 unspecified atom stereocenters. The molecule has 0 bridgehead atoms. The second-order valence-electron chi connectivity index (χ2n) is 11.3. The number of aromatic nitrogens is 3. The molecule has 1 amide bonds. The van der Waals surface area contributed by atoms with Crippen LogP contribution >= 0.6 is 0 Å². The van der Waals surface area contributed by atoms with E-state index in [-0.39, 0.29) is 5.91 Å². The van der Waals surface area contributed by atoms with Gasteiger partial charge in [0.15, 0.2) is 5.65 Å². The Balaban J connectivity index is 1.34. The Kier molecular flexibility index (Phi) is 9.92. The van der Waals surface area contributed by atoms with E-state index in [1.807, 2.05) is 43.3 Å². The van der Waals surface area contributed by atoms with Gasteiger partial charge in [0.2, 0.25) is 5.91 Å². The molecule has 9 nitrogen and oxygen atoms in total. The SMILES string of the molecule is CCCCc1nc2nc(C)c(NCCC(=O)NC3CCCCC3)cc2n1Cc1ccc(-c2ccccc2OC(=O)O)cc1. The summed E-state index contributed by atoms with van der Waals surface area (Å²) in [6.45, 7) is 5.31. The number of fused-ring (bicyclic) bond motifs is 1. The second kappa shape index (κ2) is 14.2.